The summed E-state index contributed by atoms with van der Waals surface area (Å²) >= 11 is 0. The van der Waals surface area contributed by atoms with E-state index in [0.29, 0.717) is 17.8 Å². The topological polar surface area (TPSA) is 38.7 Å². The van der Waals surface area contributed by atoms with Crippen LogP contribution in [-0.4, -0.2) is 15.0 Å². The number of benzene rings is 3. The Morgan fingerprint density at radius 3 is 0.913 bits per heavy atom. The molecule has 0 aliphatic rings. The summed E-state index contributed by atoms with van der Waals surface area (Å²) in [6.07, 6.45) is 5.43. The zero-order valence-electron chi connectivity index (χ0n) is 27.5. The van der Waals surface area contributed by atoms with Gasteiger partial charge < -0.3 is 15.0 Å². The molecule has 3 nitrogen and oxygen atoms in total. The van der Waals surface area contributed by atoms with Crippen molar-refractivity contribution in [3.63, 3.8) is 0 Å². The van der Waals surface area contributed by atoms with Crippen LogP contribution in [0.4, 0.5) is 0 Å². The molecule has 0 bridgehead atoms. The van der Waals surface area contributed by atoms with Crippen molar-refractivity contribution in [3.8, 4) is 33.8 Å². The average molecular weight is 781 g/mol. The van der Waals surface area contributed by atoms with E-state index < -0.39 is 0 Å². The second-order valence-electron chi connectivity index (χ2n) is 11.7. The van der Waals surface area contributed by atoms with E-state index >= 15 is 0 Å². The van der Waals surface area contributed by atoms with Crippen molar-refractivity contribution in [1.29, 1.82) is 0 Å². The molecule has 0 atom stereocenters. The Labute approximate surface area is 289 Å². The first-order chi connectivity index (χ1) is 21.8. The molecule has 0 fully saturated rings. The minimum Gasteiger partial charge on any atom is -0.305 e. The number of pyridine rings is 3. The summed E-state index contributed by atoms with van der Waals surface area (Å²) in [6.45, 7) is 13.2. The second kappa shape index (κ2) is 18.7. The van der Waals surface area contributed by atoms with Gasteiger partial charge in [0.25, 0.3) is 0 Å². The molecular formula is C42H42IrN3. The van der Waals surface area contributed by atoms with Crippen molar-refractivity contribution in [1.82, 2.24) is 15.0 Å². The Morgan fingerprint density at radius 2 is 0.696 bits per heavy atom. The Kier molecular flexibility index (Phi) is 14.7. The van der Waals surface area contributed by atoms with Gasteiger partial charge in [0.05, 0.1) is 0 Å². The summed E-state index contributed by atoms with van der Waals surface area (Å²) in [5, 5.41) is 0. The number of nitrogens with zero attached hydrogens (tertiary/aromatic N) is 3. The molecule has 0 saturated carbocycles. The van der Waals surface area contributed by atoms with Gasteiger partial charge in [-0.2, -0.15) is 0 Å². The average Bonchev–Trinajstić information content (AvgIpc) is 3.10. The van der Waals surface area contributed by atoms with Crippen LogP contribution in [0.1, 0.15) is 76.0 Å². The van der Waals surface area contributed by atoms with Crippen molar-refractivity contribution in [2.24, 2.45) is 0 Å². The summed E-state index contributed by atoms with van der Waals surface area (Å²) in [4.78, 5) is 13.0. The first kappa shape index (κ1) is 36.2. The van der Waals surface area contributed by atoms with Gasteiger partial charge in [-0.1, -0.05) is 77.9 Å². The molecule has 46 heavy (non-hydrogen) atoms. The molecule has 0 radical (unpaired) electrons. The largest absolute Gasteiger partial charge is 3.00 e. The van der Waals surface area contributed by atoms with Crippen molar-refractivity contribution in [2.75, 3.05) is 0 Å². The second-order valence-corrected chi connectivity index (χ2v) is 11.7. The number of hydrogen-bond donors (Lipinski definition) is 0. The molecule has 0 aliphatic heterocycles. The van der Waals surface area contributed by atoms with Gasteiger partial charge in [-0.3, -0.25) is 0 Å². The summed E-state index contributed by atoms with van der Waals surface area (Å²) in [7, 11) is 0. The molecule has 0 unspecified atom stereocenters. The summed E-state index contributed by atoms with van der Waals surface area (Å²) < 4.78 is 0. The monoisotopic (exact) mass is 781 g/mol. The van der Waals surface area contributed by atoms with Crippen molar-refractivity contribution < 1.29 is 20.1 Å². The maximum atomic E-state index is 4.32. The smallest absolute Gasteiger partial charge is 0.305 e. The molecule has 4 heteroatoms. The van der Waals surface area contributed by atoms with Crippen LogP contribution in [0.15, 0.2) is 128 Å². The zero-order valence-corrected chi connectivity index (χ0v) is 29.9. The SMILES string of the molecule is CC(C)c1cc[c-]c(-c2ccccn2)c1.CC(C)c1cc[c-]c(-c2ccccn2)c1.CC(C)c1cc[c-]c(-c2ccccn2)c1.[Ir+3]. The molecule has 0 amide bonds. The standard InChI is InChI=1S/3C14H14N.Ir/c3*1-11(2)12-6-5-7-13(10-12)14-8-3-4-9-15-14;/h3*3-6,8-11H,1-2H3;/q3*-1;+3. The molecule has 234 valence electrons. The molecule has 3 aromatic heterocycles. The van der Waals surface area contributed by atoms with Gasteiger partial charge in [0.2, 0.25) is 0 Å². The Bertz CT molecular complexity index is 1510. The molecule has 0 spiro atoms. The quantitative estimate of drug-likeness (QED) is 0.158. The molecular weight excluding hydrogens is 739 g/mol. The van der Waals surface area contributed by atoms with Gasteiger partial charge in [-0.25, -0.2) is 0 Å². The molecule has 0 aliphatic carbocycles. The number of hydrogen-bond acceptors (Lipinski definition) is 3. The fraction of sp³-hybridized carbons (Fsp3) is 0.214. The third-order valence-corrected chi connectivity index (χ3v) is 7.30. The molecule has 6 rings (SSSR count). The third-order valence-electron chi connectivity index (χ3n) is 7.30. The van der Waals surface area contributed by atoms with Crippen LogP contribution >= 0.6 is 0 Å². The maximum Gasteiger partial charge on any atom is 3.00 e. The van der Waals surface area contributed by atoms with E-state index in [9.17, 15) is 0 Å². The molecule has 6 aromatic rings. The van der Waals surface area contributed by atoms with Crippen LogP contribution in [0.25, 0.3) is 33.8 Å². The predicted octanol–water partition coefficient (Wildman–Crippen LogP) is 11.0. The predicted molar refractivity (Wildman–Crippen MR) is 188 cm³/mol. The Hall–Kier alpha value is -4.24. The minimum atomic E-state index is 0. The van der Waals surface area contributed by atoms with Gasteiger partial charge in [0.15, 0.2) is 0 Å². The summed E-state index contributed by atoms with van der Waals surface area (Å²) in [6, 6.07) is 46.2. The Morgan fingerprint density at radius 1 is 0.413 bits per heavy atom. The summed E-state index contributed by atoms with van der Waals surface area (Å²) in [5.41, 5.74) is 10.2. The van der Waals surface area contributed by atoms with Crippen LogP contribution in [0.3, 0.4) is 0 Å². The van der Waals surface area contributed by atoms with Crippen LogP contribution in [0.2, 0.25) is 0 Å². The van der Waals surface area contributed by atoms with Gasteiger partial charge in [0, 0.05) is 18.6 Å². The van der Waals surface area contributed by atoms with E-state index in [2.05, 4.69) is 111 Å². The van der Waals surface area contributed by atoms with Crippen molar-refractivity contribution in [3.05, 3.63) is 163 Å². The van der Waals surface area contributed by atoms with Gasteiger partial charge in [0.1, 0.15) is 0 Å². The van der Waals surface area contributed by atoms with Crippen LogP contribution in [0, 0.1) is 18.2 Å². The first-order valence-electron chi connectivity index (χ1n) is 15.6. The van der Waals surface area contributed by atoms with E-state index in [1.54, 1.807) is 0 Å². The van der Waals surface area contributed by atoms with E-state index in [0.717, 1.165) is 33.8 Å². The van der Waals surface area contributed by atoms with Gasteiger partial charge in [-0.05, 0) is 53.0 Å². The fourth-order valence-electron chi connectivity index (χ4n) is 4.54. The van der Waals surface area contributed by atoms with E-state index in [1.165, 1.54) is 16.7 Å². The van der Waals surface area contributed by atoms with Gasteiger partial charge in [-0.15, -0.1) is 106 Å². The number of rotatable bonds is 6. The maximum absolute atomic E-state index is 4.32. The zero-order chi connectivity index (χ0) is 32.0. The molecule has 3 aromatic carbocycles. The fourth-order valence-corrected chi connectivity index (χ4v) is 4.54. The molecule has 3 heterocycles. The third kappa shape index (κ3) is 11.0. The summed E-state index contributed by atoms with van der Waals surface area (Å²) in [5.74, 6) is 1.63. The van der Waals surface area contributed by atoms with Crippen LogP contribution in [0.5, 0.6) is 0 Å². The van der Waals surface area contributed by atoms with E-state index in [-0.39, 0.29) is 20.1 Å². The van der Waals surface area contributed by atoms with Crippen LogP contribution in [-0.2, 0) is 20.1 Å². The van der Waals surface area contributed by atoms with Crippen LogP contribution < -0.4 is 0 Å². The normalized spacial score (nSPS) is 10.4. The Balaban J connectivity index is 0.000000186. The first-order valence-corrected chi connectivity index (χ1v) is 15.6. The molecule has 0 N–H and O–H groups in total. The van der Waals surface area contributed by atoms with Crippen molar-refractivity contribution in [2.45, 2.75) is 59.3 Å². The molecule has 0 saturated heterocycles. The van der Waals surface area contributed by atoms with E-state index in [1.807, 2.05) is 91.4 Å². The number of aromatic nitrogens is 3. The van der Waals surface area contributed by atoms with Gasteiger partial charge >= 0.3 is 20.1 Å². The van der Waals surface area contributed by atoms with E-state index in [4.69, 9.17) is 0 Å². The van der Waals surface area contributed by atoms with Crippen molar-refractivity contribution >= 4 is 0 Å². The minimum absolute atomic E-state index is 0.